The molecule has 0 N–H and O–H groups in total. The number of thioether (sulfide) groups is 2. The van der Waals surface area contributed by atoms with Gasteiger partial charge in [-0.15, -0.1) is 0 Å². The summed E-state index contributed by atoms with van der Waals surface area (Å²) < 4.78 is 12.1. The van der Waals surface area contributed by atoms with Crippen LogP contribution in [-0.4, -0.2) is 47.2 Å². The maximum absolute atomic E-state index is 12.6. The van der Waals surface area contributed by atoms with Gasteiger partial charge in [0.15, 0.2) is 0 Å². The average molecular weight is 463 g/mol. The highest BCUT2D eigenvalue weighted by Crippen LogP contribution is 2.35. The topological polar surface area (TPSA) is 52.6 Å². The molecule has 30 heavy (non-hydrogen) atoms. The number of hydrogen-bond donors (Lipinski definition) is 0. The Morgan fingerprint density at radius 3 is 1.23 bits per heavy atom. The molecule has 0 fully saturated rings. The highest BCUT2D eigenvalue weighted by atomic mass is 32.2. The lowest BCUT2D eigenvalue weighted by Gasteiger charge is -2.38. The highest BCUT2D eigenvalue weighted by Gasteiger charge is 2.37. The number of esters is 2. The number of rotatable bonds is 15. The Morgan fingerprint density at radius 2 is 1.00 bits per heavy atom. The van der Waals surface area contributed by atoms with E-state index in [9.17, 15) is 9.59 Å². The molecule has 4 nitrogen and oxygen atoms in total. The monoisotopic (exact) mass is 462 g/mol. The van der Waals surface area contributed by atoms with Gasteiger partial charge in [0.05, 0.1) is 11.8 Å². The zero-order valence-electron chi connectivity index (χ0n) is 21.0. The Bertz CT molecular complexity index is 477. The molecular formula is C24H46O4S2. The second-order valence-electron chi connectivity index (χ2n) is 10.2. The predicted octanol–water partition coefficient (Wildman–Crippen LogP) is 6.46. The highest BCUT2D eigenvalue weighted by molar-refractivity contribution is 7.98. The molecule has 0 aliphatic carbocycles. The van der Waals surface area contributed by atoms with Gasteiger partial charge in [-0.05, 0) is 63.9 Å². The van der Waals surface area contributed by atoms with Crippen molar-refractivity contribution < 1.29 is 19.1 Å². The van der Waals surface area contributed by atoms with E-state index in [1.54, 1.807) is 23.5 Å². The van der Waals surface area contributed by atoms with Gasteiger partial charge in [0.25, 0.3) is 0 Å². The summed E-state index contributed by atoms with van der Waals surface area (Å²) in [7, 11) is 0. The van der Waals surface area contributed by atoms with Crippen LogP contribution in [0.1, 0.15) is 81.1 Å². The number of carbonyl (C=O) groups is 2. The van der Waals surface area contributed by atoms with Crippen molar-refractivity contribution in [2.75, 3.05) is 24.0 Å². The summed E-state index contributed by atoms with van der Waals surface area (Å²) in [4.78, 5) is 25.3. The van der Waals surface area contributed by atoms with E-state index in [0.29, 0.717) is 24.7 Å². The normalized spacial score (nSPS) is 17.9. The van der Waals surface area contributed by atoms with E-state index in [-0.39, 0.29) is 23.8 Å². The lowest BCUT2D eigenvalue weighted by Crippen LogP contribution is -2.41. The molecule has 0 aromatic heterocycles. The largest absolute Gasteiger partial charge is 0.459 e. The number of carbonyl (C=O) groups excluding carboxylic acids is 2. The maximum atomic E-state index is 12.6. The molecule has 0 aliphatic rings. The lowest BCUT2D eigenvalue weighted by atomic mass is 9.82. The third-order valence-electron chi connectivity index (χ3n) is 5.19. The summed E-state index contributed by atoms with van der Waals surface area (Å²) in [6.45, 7) is 16.5. The molecule has 4 unspecified atom stereocenters. The van der Waals surface area contributed by atoms with Crippen LogP contribution in [0, 0.1) is 23.7 Å². The summed E-state index contributed by atoms with van der Waals surface area (Å²) in [5.74, 6) is 1.79. The molecule has 0 aliphatic heterocycles. The first kappa shape index (κ1) is 29.6. The minimum atomic E-state index is -0.562. The first-order chi connectivity index (χ1) is 13.8. The summed E-state index contributed by atoms with van der Waals surface area (Å²) in [6.07, 6.45) is 6.94. The van der Waals surface area contributed by atoms with Crippen LogP contribution in [0.25, 0.3) is 0 Å². The SMILES string of the molecule is CSCC(C)C(=O)OC(C)(CCC(C)(CC(C)C)OC(=O)C(C)CSC)CC(C)C. The van der Waals surface area contributed by atoms with E-state index >= 15 is 0 Å². The number of hydrogen-bond acceptors (Lipinski definition) is 6. The molecule has 0 aromatic carbocycles. The van der Waals surface area contributed by atoms with Crippen molar-refractivity contribution in [3.8, 4) is 0 Å². The molecular weight excluding hydrogens is 416 g/mol. The second-order valence-corrected chi connectivity index (χ2v) is 12.0. The van der Waals surface area contributed by atoms with Crippen molar-refractivity contribution in [1.29, 1.82) is 0 Å². The molecule has 6 heteroatoms. The fourth-order valence-corrected chi connectivity index (χ4v) is 5.24. The van der Waals surface area contributed by atoms with Gasteiger partial charge in [0.1, 0.15) is 11.2 Å². The Hall–Kier alpha value is -0.360. The zero-order valence-corrected chi connectivity index (χ0v) is 22.6. The summed E-state index contributed by atoms with van der Waals surface area (Å²) in [6, 6.07) is 0. The van der Waals surface area contributed by atoms with Gasteiger partial charge in [-0.3, -0.25) is 9.59 Å². The Labute approximate surface area is 194 Å². The minimum absolute atomic E-state index is 0.126. The standard InChI is InChI=1S/C24H46O4S2/c1-17(2)13-23(7,27-21(25)19(5)15-29-9)11-12-24(8,14-18(3)4)28-22(26)20(6)16-30-10/h17-20H,11-16H2,1-10H3. The van der Waals surface area contributed by atoms with Crippen molar-refractivity contribution >= 4 is 35.5 Å². The van der Waals surface area contributed by atoms with Crippen LogP contribution in [0.4, 0.5) is 0 Å². The molecule has 0 saturated carbocycles. The van der Waals surface area contributed by atoms with E-state index in [4.69, 9.17) is 9.47 Å². The van der Waals surface area contributed by atoms with Gasteiger partial charge < -0.3 is 9.47 Å². The molecule has 0 aromatic rings. The van der Waals surface area contributed by atoms with E-state index in [0.717, 1.165) is 24.3 Å². The first-order valence-electron chi connectivity index (χ1n) is 11.2. The minimum Gasteiger partial charge on any atom is -0.459 e. The van der Waals surface area contributed by atoms with Crippen molar-refractivity contribution in [3.05, 3.63) is 0 Å². The van der Waals surface area contributed by atoms with Gasteiger partial charge in [0, 0.05) is 11.5 Å². The molecule has 0 amide bonds. The third-order valence-corrected chi connectivity index (χ3v) is 6.86. The smallest absolute Gasteiger partial charge is 0.310 e. The molecule has 4 atom stereocenters. The molecule has 0 heterocycles. The second kappa shape index (κ2) is 13.9. The number of ether oxygens (including phenoxy) is 2. The molecule has 0 spiro atoms. The van der Waals surface area contributed by atoms with Gasteiger partial charge in [-0.25, -0.2) is 0 Å². The van der Waals surface area contributed by atoms with E-state index in [1.165, 1.54) is 0 Å². The van der Waals surface area contributed by atoms with Gasteiger partial charge in [-0.1, -0.05) is 41.5 Å². The Morgan fingerprint density at radius 1 is 0.700 bits per heavy atom. The van der Waals surface area contributed by atoms with E-state index < -0.39 is 11.2 Å². The fraction of sp³-hybridized carbons (Fsp3) is 0.917. The molecule has 0 bridgehead atoms. The first-order valence-corrected chi connectivity index (χ1v) is 14.0. The van der Waals surface area contributed by atoms with Crippen LogP contribution in [0.5, 0.6) is 0 Å². The fourth-order valence-electron chi connectivity index (χ4n) is 3.97. The van der Waals surface area contributed by atoms with Crippen molar-refractivity contribution in [1.82, 2.24) is 0 Å². The van der Waals surface area contributed by atoms with Crippen LogP contribution < -0.4 is 0 Å². The van der Waals surface area contributed by atoms with Crippen molar-refractivity contribution in [2.24, 2.45) is 23.7 Å². The maximum Gasteiger partial charge on any atom is 0.310 e. The lowest BCUT2D eigenvalue weighted by molar-refractivity contribution is -0.172. The summed E-state index contributed by atoms with van der Waals surface area (Å²) in [5, 5.41) is 0. The third kappa shape index (κ3) is 11.9. The summed E-state index contributed by atoms with van der Waals surface area (Å²) >= 11 is 3.31. The quantitative estimate of drug-likeness (QED) is 0.260. The Kier molecular flexibility index (Phi) is 13.8. The van der Waals surface area contributed by atoms with E-state index in [2.05, 4.69) is 27.7 Å². The van der Waals surface area contributed by atoms with Gasteiger partial charge in [0.2, 0.25) is 0 Å². The molecule has 178 valence electrons. The molecule has 0 saturated heterocycles. The van der Waals surface area contributed by atoms with Crippen molar-refractivity contribution in [3.63, 3.8) is 0 Å². The molecule has 0 rings (SSSR count). The van der Waals surface area contributed by atoms with Crippen molar-refractivity contribution in [2.45, 2.75) is 92.3 Å². The summed E-state index contributed by atoms with van der Waals surface area (Å²) in [5.41, 5.74) is -1.12. The Balaban J connectivity index is 5.40. The van der Waals surface area contributed by atoms with Crippen LogP contribution in [0.2, 0.25) is 0 Å². The molecule has 0 radical (unpaired) electrons. The zero-order chi connectivity index (χ0) is 23.5. The van der Waals surface area contributed by atoms with Crippen LogP contribution >= 0.6 is 23.5 Å². The van der Waals surface area contributed by atoms with Crippen LogP contribution in [-0.2, 0) is 19.1 Å². The van der Waals surface area contributed by atoms with Crippen LogP contribution in [0.3, 0.4) is 0 Å². The van der Waals surface area contributed by atoms with Gasteiger partial charge in [-0.2, -0.15) is 23.5 Å². The average Bonchev–Trinajstić information content (AvgIpc) is 2.59. The predicted molar refractivity (Wildman–Crippen MR) is 132 cm³/mol. The van der Waals surface area contributed by atoms with Crippen LogP contribution in [0.15, 0.2) is 0 Å². The van der Waals surface area contributed by atoms with Gasteiger partial charge >= 0.3 is 11.9 Å². The van der Waals surface area contributed by atoms with E-state index in [1.807, 2.05) is 40.2 Å².